The van der Waals surface area contributed by atoms with E-state index in [1.807, 2.05) is 17.5 Å². The van der Waals surface area contributed by atoms with Crippen molar-refractivity contribution in [2.75, 3.05) is 39.3 Å². The highest BCUT2D eigenvalue weighted by Gasteiger charge is 2.26. The second kappa shape index (κ2) is 9.68. The highest BCUT2D eigenvalue weighted by atomic mass is 32.1. The number of rotatable bonds is 8. The lowest BCUT2D eigenvalue weighted by Gasteiger charge is -2.34. The van der Waals surface area contributed by atoms with Crippen molar-refractivity contribution in [3.63, 3.8) is 0 Å². The van der Waals surface area contributed by atoms with Crippen molar-refractivity contribution in [2.24, 2.45) is 0 Å². The second-order valence-electron chi connectivity index (χ2n) is 7.96. The Labute approximate surface area is 180 Å². The van der Waals surface area contributed by atoms with Crippen LogP contribution in [0.5, 0.6) is 0 Å². The molecule has 2 N–H and O–H groups in total. The molecule has 2 heterocycles. The maximum Gasteiger partial charge on any atom is 0.234 e. The fraction of sp³-hybridized carbons (Fsp3) is 0.455. The molecule has 2 aromatic rings. The van der Waals surface area contributed by atoms with Crippen molar-refractivity contribution in [1.29, 1.82) is 0 Å². The average Bonchev–Trinajstić information content (AvgIpc) is 3.37. The van der Waals surface area contributed by atoms with Gasteiger partial charge in [-0.3, -0.25) is 19.4 Å². The molecule has 0 bridgehead atoms. The summed E-state index contributed by atoms with van der Waals surface area (Å²) >= 11 is 1.57. The standard InChI is InChI=1S/C22H27FN4O2S/c23-17-5-3-16(4-6-17)22(19-2-1-13-30-19)25-21(29)15-27-11-9-26(10-12-27)14-20(28)24-18-7-8-18/h1-6,13,18,22H,7-12,14-15H2,(H,24,28)(H,25,29). The molecule has 1 aromatic heterocycles. The first kappa shape index (κ1) is 21.0. The van der Waals surface area contributed by atoms with Crippen molar-refractivity contribution in [3.05, 3.63) is 58.0 Å². The Morgan fingerprint density at radius 1 is 1.00 bits per heavy atom. The van der Waals surface area contributed by atoms with Crippen LogP contribution in [0.3, 0.4) is 0 Å². The Morgan fingerprint density at radius 2 is 1.63 bits per heavy atom. The molecule has 2 fully saturated rings. The lowest BCUT2D eigenvalue weighted by Crippen LogP contribution is -2.51. The zero-order valence-corrected chi connectivity index (χ0v) is 17.7. The number of nitrogens with zero attached hydrogens (tertiary/aromatic N) is 2. The number of benzene rings is 1. The van der Waals surface area contributed by atoms with E-state index in [1.165, 1.54) is 12.1 Å². The predicted octanol–water partition coefficient (Wildman–Crippen LogP) is 1.99. The first-order valence-electron chi connectivity index (χ1n) is 10.4. The van der Waals surface area contributed by atoms with Gasteiger partial charge in [0.1, 0.15) is 5.82 Å². The lowest BCUT2D eigenvalue weighted by molar-refractivity contribution is -0.125. The Morgan fingerprint density at radius 3 is 2.20 bits per heavy atom. The number of carbonyl (C=O) groups excluding carboxylic acids is 2. The summed E-state index contributed by atoms with van der Waals surface area (Å²) in [6, 6.07) is 10.3. The number of halogens is 1. The number of carbonyl (C=O) groups is 2. The minimum absolute atomic E-state index is 0.0577. The molecular weight excluding hydrogens is 403 g/mol. The molecule has 4 rings (SSSR count). The number of piperazine rings is 1. The topological polar surface area (TPSA) is 64.7 Å². The van der Waals surface area contributed by atoms with Gasteiger partial charge in [-0.25, -0.2) is 4.39 Å². The molecule has 1 saturated carbocycles. The molecule has 1 unspecified atom stereocenters. The number of amides is 2. The van der Waals surface area contributed by atoms with Crippen LogP contribution in [0.4, 0.5) is 4.39 Å². The van der Waals surface area contributed by atoms with E-state index in [0.717, 1.165) is 49.5 Å². The van der Waals surface area contributed by atoms with Crippen molar-refractivity contribution in [2.45, 2.75) is 24.9 Å². The predicted molar refractivity (Wildman–Crippen MR) is 115 cm³/mol. The quantitative estimate of drug-likeness (QED) is 0.672. The summed E-state index contributed by atoms with van der Waals surface area (Å²) in [5.41, 5.74) is 0.860. The van der Waals surface area contributed by atoms with E-state index in [4.69, 9.17) is 0 Å². The van der Waals surface area contributed by atoms with E-state index in [-0.39, 0.29) is 23.7 Å². The van der Waals surface area contributed by atoms with Crippen LogP contribution < -0.4 is 10.6 Å². The molecule has 0 radical (unpaired) electrons. The van der Waals surface area contributed by atoms with Gasteiger partial charge in [0.15, 0.2) is 0 Å². The molecule has 1 saturated heterocycles. The third kappa shape index (κ3) is 5.87. The monoisotopic (exact) mass is 430 g/mol. The van der Waals surface area contributed by atoms with Gasteiger partial charge in [0.25, 0.3) is 0 Å². The molecule has 1 aromatic carbocycles. The molecule has 30 heavy (non-hydrogen) atoms. The zero-order valence-electron chi connectivity index (χ0n) is 16.9. The smallest absolute Gasteiger partial charge is 0.234 e. The van der Waals surface area contributed by atoms with Crippen molar-refractivity contribution in [3.8, 4) is 0 Å². The SMILES string of the molecule is O=C(CN1CCN(CC(=O)NC(c2ccc(F)cc2)c2cccs2)CC1)NC1CC1. The molecule has 0 spiro atoms. The van der Waals surface area contributed by atoms with Gasteiger partial charge in [0.05, 0.1) is 19.1 Å². The van der Waals surface area contributed by atoms with Crippen LogP contribution in [0.15, 0.2) is 41.8 Å². The van der Waals surface area contributed by atoms with Crippen molar-refractivity contribution >= 4 is 23.2 Å². The first-order valence-corrected chi connectivity index (χ1v) is 11.3. The van der Waals surface area contributed by atoms with Gasteiger partial charge in [-0.05, 0) is 42.0 Å². The van der Waals surface area contributed by atoms with Crippen LogP contribution in [0.25, 0.3) is 0 Å². The zero-order chi connectivity index (χ0) is 20.9. The van der Waals surface area contributed by atoms with Gasteiger partial charge in [0, 0.05) is 37.1 Å². The summed E-state index contributed by atoms with van der Waals surface area (Å²) in [6.45, 7) is 3.80. The first-order chi connectivity index (χ1) is 14.6. The van der Waals surface area contributed by atoms with E-state index in [2.05, 4.69) is 20.4 Å². The fourth-order valence-electron chi connectivity index (χ4n) is 3.65. The maximum absolute atomic E-state index is 13.3. The Hall–Kier alpha value is -2.29. The summed E-state index contributed by atoms with van der Waals surface area (Å²) in [5, 5.41) is 8.09. The lowest BCUT2D eigenvalue weighted by atomic mass is 10.1. The average molecular weight is 431 g/mol. The third-order valence-corrected chi connectivity index (χ3v) is 6.42. The summed E-state index contributed by atoms with van der Waals surface area (Å²) < 4.78 is 13.3. The molecule has 6 nitrogen and oxygen atoms in total. The minimum atomic E-state index is -0.293. The molecule has 2 aliphatic rings. The van der Waals surface area contributed by atoms with E-state index in [0.29, 0.717) is 19.1 Å². The van der Waals surface area contributed by atoms with Crippen molar-refractivity contribution < 1.29 is 14.0 Å². The van der Waals surface area contributed by atoms with E-state index < -0.39 is 0 Å². The van der Waals surface area contributed by atoms with Crippen LogP contribution in [0.1, 0.15) is 29.3 Å². The van der Waals surface area contributed by atoms with Gasteiger partial charge in [-0.1, -0.05) is 18.2 Å². The largest absolute Gasteiger partial charge is 0.352 e. The molecule has 1 atom stereocenters. The molecular formula is C22H27FN4O2S. The van der Waals surface area contributed by atoms with Gasteiger partial charge in [-0.15, -0.1) is 11.3 Å². The van der Waals surface area contributed by atoms with Crippen LogP contribution in [0.2, 0.25) is 0 Å². The number of hydrogen-bond donors (Lipinski definition) is 2. The normalized spacial score (nSPS) is 18.7. The van der Waals surface area contributed by atoms with Crippen molar-refractivity contribution in [1.82, 2.24) is 20.4 Å². The van der Waals surface area contributed by atoms with Gasteiger partial charge in [0.2, 0.25) is 11.8 Å². The van der Waals surface area contributed by atoms with Crippen LogP contribution in [-0.4, -0.2) is 66.9 Å². The van der Waals surface area contributed by atoms with E-state index in [1.54, 1.807) is 23.5 Å². The Kier molecular flexibility index (Phi) is 6.76. The van der Waals surface area contributed by atoms with E-state index >= 15 is 0 Å². The molecule has 1 aliphatic carbocycles. The molecule has 160 valence electrons. The number of hydrogen-bond acceptors (Lipinski definition) is 5. The molecule has 1 aliphatic heterocycles. The van der Waals surface area contributed by atoms with Gasteiger partial charge >= 0.3 is 0 Å². The summed E-state index contributed by atoms with van der Waals surface area (Å²) in [6.07, 6.45) is 2.19. The van der Waals surface area contributed by atoms with Gasteiger partial charge in [-0.2, -0.15) is 0 Å². The second-order valence-corrected chi connectivity index (χ2v) is 8.94. The Bertz CT molecular complexity index is 847. The highest BCUT2D eigenvalue weighted by Crippen LogP contribution is 2.26. The van der Waals surface area contributed by atoms with Crippen LogP contribution in [-0.2, 0) is 9.59 Å². The maximum atomic E-state index is 13.3. The van der Waals surface area contributed by atoms with E-state index in [9.17, 15) is 14.0 Å². The third-order valence-electron chi connectivity index (χ3n) is 5.48. The number of thiophene rings is 1. The molecule has 2 amide bonds. The van der Waals surface area contributed by atoms with Crippen LogP contribution in [0, 0.1) is 5.82 Å². The summed E-state index contributed by atoms with van der Waals surface area (Å²) in [4.78, 5) is 30.0. The Balaban J connectivity index is 1.27. The summed E-state index contributed by atoms with van der Waals surface area (Å²) in [5.74, 6) is -0.252. The highest BCUT2D eigenvalue weighted by molar-refractivity contribution is 7.10. The molecule has 8 heteroatoms. The fourth-order valence-corrected chi connectivity index (χ4v) is 4.45. The minimum Gasteiger partial charge on any atom is -0.352 e. The van der Waals surface area contributed by atoms with Gasteiger partial charge < -0.3 is 10.6 Å². The summed E-state index contributed by atoms with van der Waals surface area (Å²) in [7, 11) is 0. The van der Waals surface area contributed by atoms with Crippen LogP contribution >= 0.6 is 11.3 Å². The number of nitrogens with one attached hydrogen (secondary N) is 2.